The third-order valence-electron chi connectivity index (χ3n) is 3.91. The largest absolute Gasteiger partial charge is 0.326 e. The Labute approximate surface area is 173 Å². The van der Waals surface area contributed by atoms with E-state index in [9.17, 15) is 9.59 Å². The number of anilines is 2. The van der Waals surface area contributed by atoms with Gasteiger partial charge in [0.2, 0.25) is 11.8 Å². The molecule has 8 nitrogen and oxygen atoms in total. The molecule has 0 aliphatic heterocycles. The number of carbonyl (C=O) groups excluding carboxylic acids is 2. The van der Waals surface area contributed by atoms with Crippen molar-refractivity contribution in [1.29, 1.82) is 0 Å². The van der Waals surface area contributed by atoms with Crippen molar-refractivity contribution in [1.82, 2.24) is 19.7 Å². The van der Waals surface area contributed by atoms with E-state index in [4.69, 9.17) is 0 Å². The van der Waals surface area contributed by atoms with Crippen LogP contribution in [0.25, 0.3) is 11.4 Å². The molecule has 0 aliphatic rings. The maximum Gasteiger partial charge on any atom is 0.234 e. The van der Waals surface area contributed by atoms with Crippen molar-refractivity contribution in [2.45, 2.75) is 32.0 Å². The van der Waals surface area contributed by atoms with Crippen molar-refractivity contribution >= 4 is 35.0 Å². The average molecular weight is 411 g/mol. The number of benzene rings is 1. The van der Waals surface area contributed by atoms with Crippen LogP contribution >= 0.6 is 11.8 Å². The summed E-state index contributed by atoms with van der Waals surface area (Å²) in [6.45, 7) is 4.29. The normalized spacial score (nSPS) is 10.6. The van der Waals surface area contributed by atoms with E-state index in [1.165, 1.54) is 18.7 Å². The number of nitrogens with zero attached hydrogens (tertiary/aromatic N) is 4. The second-order valence-electron chi connectivity index (χ2n) is 6.29. The van der Waals surface area contributed by atoms with Gasteiger partial charge in [-0.2, -0.15) is 0 Å². The fraction of sp³-hybridized carbons (Fsp3) is 0.250. The second kappa shape index (κ2) is 9.83. The van der Waals surface area contributed by atoms with E-state index >= 15 is 0 Å². The SMILES string of the molecule is CCCn1c(SCC(=O)Nc2ccc(NC(C)=O)cc2)nnc1-c1cccnc1. The molecule has 3 rings (SSSR count). The van der Waals surface area contributed by atoms with Gasteiger partial charge in [-0.05, 0) is 42.8 Å². The molecular formula is C20H22N6O2S. The van der Waals surface area contributed by atoms with Gasteiger partial charge in [0.1, 0.15) is 0 Å². The van der Waals surface area contributed by atoms with Gasteiger partial charge < -0.3 is 15.2 Å². The molecule has 150 valence electrons. The highest BCUT2D eigenvalue weighted by atomic mass is 32.2. The van der Waals surface area contributed by atoms with Crippen LogP contribution < -0.4 is 10.6 Å². The first-order valence-corrected chi connectivity index (χ1v) is 10.2. The molecule has 2 heterocycles. The zero-order chi connectivity index (χ0) is 20.6. The molecular weight excluding hydrogens is 388 g/mol. The Morgan fingerprint density at radius 2 is 1.79 bits per heavy atom. The van der Waals surface area contributed by atoms with Gasteiger partial charge in [-0.15, -0.1) is 10.2 Å². The molecule has 2 N–H and O–H groups in total. The molecule has 29 heavy (non-hydrogen) atoms. The highest BCUT2D eigenvalue weighted by molar-refractivity contribution is 7.99. The Morgan fingerprint density at radius 1 is 1.07 bits per heavy atom. The Kier molecular flexibility index (Phi) is 6.96. The van der Waals surface area contributed by atoms with E-state index in [1.807, 2.05) is 16.7 Å². The molecule has 0 saturated carbocycles. The Balaban J connectivity index is 1.62. The van der Waals surface area contributed by atoms with Crippen molar-refractivity contribution in [2.75, 3.05) is 16.4 Å². The minimum atomic E-state index is -0.142. The van der Waals surface area contributed by atoms with Crippen LogP contribution in [0.2, 0.25) is 0 Å². The van der Waals surface area contributed by atoms with Gasteiger partial charge in [-0.3, -0.25) is 14.6 Å². The number of rotatable bonds is 8. The van der Waals surface area contributed by atoms with Crippen LogP contribution in [0.4, 0.5) is 11.4 Å². The molecule has 1 aromatic carbocycles. The van der Waals surface area contributed by atoms with Crippen LogP contribution in [0, 0.1) is 0 Å². The molecule has 3 aromatic rings. The van der Waals surface area contributed by atoms with Gasteiger partial charge in [-0.1, -0.05) is 18.7 Å². The summed E-state index contributed by atoms with van der Waals surface area (Å²) < 4.78 is 2.01. The molecule has 2 amide bonds. The van der Waals surface area contributed by atoms with Crippen LogP contribution in [0.1, 0.15) is 20.3 Å². The lowest BCUT2D eigenvalue weighted by atomic mass is 10.2. The summed E-state index contributed by atoms with van der Waals surface area (Å²) in [4.78, 5) is 27.5. The Hall–Kier alpha value is -3.20. The Morgan fingerprint density at radius 3 is 2.41 bits per heavy atom. The molecule has 0 radical (unpaired) electrons. The van der Waals surface area contributed by atoms with Crippen LogP contribution in [-0.2, 0) is 16.1 Å². The zero-order valence-electron chi connectivity index (χ0n) is 16.3. The fourth-order valence-corrected chi connectivity index (χ4v) is 3.46. The summed E-state index contributed by atoms with van der Waals surface area (Å²) in [6.07, 6.45) is 4.39. The molecule has 2 aromatic heterocycles. The van der Waals surface area contributed by atoms with Gasteiger partial charge >= 0.3 is 0 Å². The number of nitrogens with one attached hydrogen (secondary N) is 2. The highest BCUT2D eigenvalue weighted by Crippen LogP contribution is 2.24. The first kappa shape index (κ1) is 20.5. The molecule has 0 aliphatic carbocycles. The monoisotopic (exact) mass is 410 g/mol. The Bertz CT molecular complexity index is 972. The lowest BCUT2D eigenvalue weighted by Gasteiger charge is -2.09. The maximum atomic E-state index is 12.3. The van der Waals surface area contributed by atoms with E-state index in [0.29, 0.717) is 16.5 Å². The third-order valence-corrected chi connectivity index (χ3v) is 4.87. The minimum absolute atomic E-state index is 0.139. The molecule has 0 atom stereocenters. The molecule has 9 heteroatoms. The first-order valence-electron chi connectivity index (χ1n) is 9.20. The summed E-state index contributed by atoms with van der Waals surface area (Å²) in [5, 5.41) is 14.8. The summed E-state index contributed by atoms with van der Waals surface area (Å²) in [7, 11) is 0. The van der Waals surface area contributed by atoms with Crippen molar-refractivity contribution in [3.8, 4) is 11.4 Å². The number of pyridine rings is 1. The third kappa shape index (κ3) is 5.64. The van der Waals surface area contributed by atoms with E-state index in [-0.39, 0.29) is 17.6 Å². The van der Waals surface area contributed by atoms with E-state index < -0.39 is 0 Å². The smallest absolute Gasteiger partial charge is 0.234 e. The predicted molar refractivity (Wildman–Crippen MR) is 114 cm³/mol. The molecule has 0 unspecified atom stereocenters. The van der Waals surface area contributed by atoms with Crippen molar-refractivity contribution in [3.63, 3.8) is 0 Å². The molecule has 0 spiro atoms. The fourth-order valence-electron chi connectivity index (χ4n) is 2.70. The zero-order valence-corrected chi connectivity index (χ0v) is 17.1. The van der Waals surface area contributed by atoms with Gasteiger partial charge in [0.25, 0.3) is 0 Å². The van der Waals surface area contributed by atoms with Crippen molar-refractivity contribution in [2.24, 2.45) is 0 Å². The minimum Gasteiger partial charge on any atom is -0.326 e. The van der Waals surface area contributed by atoms with Crippen LogP contribution in [0.15, 0.2) is 53.9 Å². The summed E-state index contributed by atoms with van der Waals surface area (Å²) >= 11 is 1.34. The number of aromatic nitrogens is 4. The topological polar surface area (TPSA) is 102 Å². The number of carbonyl (C=O) groups is 2. The predicted octanol–water partition coefficient (Wildman–Crippen LogP) is 3.44. The standard InChI is InChI=1S/C20H22N6O2S/c1-3-11-26-19(15-5-4-10-21-12-15)24-25-20(26)29-13-18(28)23-17-8-6-16(7-9-17)22-14(2)27/h4-10,12H,3,11,13H2,1-2H3,(H,22,27)(H,23,28). The number of hydrogen-bond acceptors (Lipinski definition) is 6. The lowest BCUT2D eigenvalue weighted by molar-refractivity contribution is -0.114. The summed E-state index contributed by atoms with van der Waals surface area (Å²) in [5.41, 5.74) is 2.24. The van der Waals surface area contributed by atoms with E-state index in [1.54, 1.807) is 36.7 Å². The van der Waals surface area contributed by atoms with Gasteiger partial charge in [0.15, 0.2) is 11.0 Å². The van der Waals surface area contributed by atoms with Crippen molar-refractivity contribution in [3.05, 3.63) is 48.8 Å². The average Bonchev–Trinajstić information content (AvgIpc) is 3.11. The first-order chi connectivity index (χ1) is 14.1. The number of hydrogen-bond donors (Lipinski definition) is 2. The van der Waals surface area contributed by atoms with Gasteiger partial charge in [-0.25, -0.2) is 0 Å². The lowest BCUT2D eigenvalue weighted by Crippen LogP contribution is -2.15. The maximum absolute atomic E-state index is 12.3. The summed E-state index contributed by atoms with van der Waals surface area (Å²) in [6, 6.07) is 10.8. The summed E-state index contributed by atoms with van der Waals surface area (Å²) in [5.74, 6) is 0.676. The van der Waals surface area contributed by atoms with E-state index in [2.05, 4.69) is 32.7 Å². The number of amides is 2. The molecule has 0 bridgehead atoms. The number of thioether (sulfide) groups is 1. The quantitative estimate of drug-likeness (QED) is 0.552. The van der Waals surface area contributed by atoms with Crippen LogP contribution in [0.5, 0.6) is 0 Å². The van der Waals surface area contributed by atoms with Crippen LogP contribution in [0.3, 0.4) is 0 Å². The van der Waals surface area contributed by atoms with Crippen molar-refractivity contribution < 1.29 is 9.59 Å². The highest BCUT2D eigenvalue weighted by Gasteiger charge is 2.15. The second-order valence-corrected chi connectivity index (χ2v) is 7.24. The van der Waals surface area contributed by atoms with Crippen LogP contribution in [-0.4, -0.2) is 37.3 Å². The van der Waals surface area contributed by atoms with E-state index in [0.717, 1.165) is 24.4 Å². The van der Waals surface area contributed by atoms with Gasteiger partial charge in [0.05, 0.1) is 5.75 Å². The van der Waals surface area contributed by atoms with Gasteiger partial charge in [0, 0.05) is 42.8 Å². The molecule has 0 fully saturated rings. The molecule has 0 saturated heterocycles.